The van der Waals surface area contributed by atoms with Crippen LogP contribution in [0.25, 0.3) is 5.65 Å². The van der Waals surface area contributed by atoms with Crippen molar-refractivity contribution in [2.75, 3.05) is 13.1 Å². The fourth-order valence-electron chi connectivity index (χ4n) is 2.08. The van der Waals surface area contributed by atoms with Gasteiger partial charge in [-0.2, -0.15) is 0 Å². The van der Waals surface area contributed by atoms with Crippen LogP contribution in [0.15, 0.2) is 35.6 Å². The molecule has 1 fully saturated rings. The Kier molecular flexibility index (Phi) is 6.29. The van der Waals surface area contributed by atoms with Gasteiger partial charge in [-0.25, -0.2) is 9.29 Å². The van der Waals surface area contributed by atoms with Crippen molar-refractivity contribution >= 4 is 42.4 Å². The van der Waals surface area contributed by atoms with E-state index in [0.717, 1.165) is 5.65 Å². The maximum atomic E-state index is 4.30. The molecule has 0 saturated carbocycles. The van der Waals surface area contributed by atoms with Crippen molar-refractivity contribution < 1.29 is 0 Å². The summed E-state index contributed by atoms with van der Waals surface area (Å²) in [6, 6.07) is 6.28. The van der Waals surface area contributed by atoms with Gasteiger partial charge in [-0.1, -0.05) is 12.5 Å². The molecule has 6 heteroatoms. The number of aromatic nitrogens is 2. The molecular weight excluding hydrogens is 289 g/mol. The van der Waals surface area contributed by atoms with Crippen LogP contribution in [0.4, 0.5) is 0 Å². The van der Waals surface area contributed by atoms with E-state index in [1.807, 2.05) is 30.4 Å². The van der Waals surface area contributed by atoms with E-state index in [-0.39, 0.29) is 24.8 Å². The van der Waals surface area contributed by atoms with E-state index in [4.69, 9.17) is 0 Å². The summed E-state index contributed by atoms with van der Waals surface area (Å²) in [5.74, 6) is 0. The lowest BCUT2D eigenvalue weighted by Gasteiger charge is -2.25. The van der Waals surface area contributed by atoms with E-state index in [0.29, 0.717) is 0 Å². The van der Waals surface area contributed by atoms with Gasteiger partial charge in [-0.05, 0) is 36.9 Å². The summed E-state index contributed by atoms with van der Waals surface area (Å²) in [4.78, 5) is 4.30. The van der Waals surface area contributed by atoms with Gasteiger partial charge < -0.3 is 0 Å². The molecule has 0 unspecified atom stereocenters. The minimum atomic E-state index is 0. The van der Waals surface area contributed by atoms with Crippen molar-refractivity contribution in [3.63, 3.8) is 0 Å². The molecular formula is C12H17Cl2N3S. The standard InChI is InChI=1S/C12H15N3S.2ClH/c1-2-8-14(9-3-1)16-12-6-4-5-11-13-7-10-15(11)12;;/h4-7,10H,1-3,8-9H2;2*1H. The second-order valence-corrected chi connectivity index (χ2v) is 5.22. The van der Waals surface area contributed by atoms with Crippen molar-refractivity contribution in [3.05, 3.63) is 30.6 Å². The Labute approximate surface area is 124 Å². The first kappa shape index (κ1) is 15.6. The lowest BCUT2D eigenvalue weighted by atomic mass is 10.2. The quantitative estimate of drug-likeness (QED) is 0.790. The second-order valence-electron chi connectivity index (χ2n) is 4.10. The average Bonchev–Trinajstić information content (AvgIpc) is 2.80. The van der Waals surface area contributed by atoms with Crippen molar-refractivity contribution in [1.29, 1.82) is 0 Å². The second kappa shape index (κ2) is 7.24. The van der Waals surface area contributed by atoms with Crippen molar-refractivity contribution in [3.8, 4) is 0 Å². The number of rotatable bonds is 2. The molecule has 3 heterocycles. The minimum absolute atomic E-state index is 0. The fraction of sp³-hybridized carbons (Fsp3) is 0.417. The Balaban J connectivity index is 0.000000810. The van der Waals surface area contributed by atoms with Crippen LogP contribution in [0.2, 0.25) is 0 Å². The number of fused-ring (bicyclic) bond motifs is 1. The Morgan fingerprint density at radius 1 is 1.06 bits per heavy atom. The zero-order chi connectivity index (χ0) is 10.8. The van der Waals surface area contributed by atoms with E-state index in [9.17, 15) is 0 Å². The summed E-state index contributed by atoms with van der Waals surface area (Å²) in [6.45, 7) is 2.41. The van der Waals surface area contributed by atoms with Gasteiger partial charge in [0.15, 0.2) is 0 Å². The number of halogens is 2. The molecule has 1 aliphatic rings. The summed E-state index contributed by atoms with van der Waals surface area (Å²) < 4.78 is 4.61. The number of piperidine rings is 1. The van der Waals surface area contributed by atoms with E-state index in [1.165, 1.54) is 37.4 Å². The first-order chi connectivity index (χ1) is 7.93. The van der Waals surface area contributed by atoms with E-state index >= 15 is 0 Å². The van der Waals surface area contributed by atoms with E-state index in [1.54, 1.807) is 0 Å². The predicted octanol–water partition coefficient (Wildman–Crippen LogP) is 3.67. The molecule has 100 valence electrons. The molecule has 0 aliphatic carbocycles. The molecule has 0 atom stereocenters. The van der Waals surface area contributed by atoms with Gasteiger partial charge in [-0.15, -0.1) is 24.8 Å². The molecule has 3 nitrogen and oxygen atoms in total. The van der Waals surface area contributed by atoms with Crippen molar-refractivity contribution in [1.82, 2.24) is 13.7 Å². The highest BCUT2D eigenvalue weighted by Gasteiger charge is 2.12. The van der Waals surface area contributed by atoms with Crippen LogP contribution >= 0.6 is 36.8 Å². The van der Waals surface area contributed by atoms with E-state index in [2.05, 4.69) is 25.8 Å². The lowest BCUT2D eigenvalue weighted by molar-refractivity contribution is 0.380. The Hall–Kier alpha value is -0.420. The normalized spacial score (nSPS) is 16.0. The third-order valence-corrected chi connectivity index (χ3v) is 4.07. The zero-order valence-corrected chi connectivity index (χ0v) is 12.4. The smallest absolute Gasteiger partial charge is 0.137 e. The highest BCUT2D eigenvalue weighted by atomic mass is 35.5. The predicted molar refractivity (Wildman–Crippen MR) is 81.0 cm³/mol. The summed E-state index contributed by atoms with van der Waals surface area (Å²) in [5, 5.41) is 1.26. The van der Waals surface area contributed by atoms with Crippen LogP contribution in [0.5, 0.6) is 0 Å². The average molecular weight is 306 g/mol. The Morgan fingerprint density at radius 3 is 2.61 bits per heavy atom. The van der Waals surface area contributed by atoms with Crippen molar-refractivity contribution in [2.45, 2.75) is 24.3 Å². The maximum absolute atomic E-state index is 4.30. The summed E-state index contributed by atoms with van der Waals surface area (Å²) >= 11 is 1.85. The van der Waals surface area contributed by atoms with Crippen LogP contribution in [-0.4, -0.2) is 26.8 Å². The van der Waals surface area contributed by atoms with Gasteiger partial charge in [0, 0.05) is 25.5 Å². The molecule has 0 bridgehead atoms. The molecule has 2 aromatic rings. The van der Waals surface area contributed by atoms with Gasteiger partial charge in [-0.3, -0.25) is 4.40 Å². The molecule has 3 rings (SSSR count). The molecule has 1 saturated heterocycles. The number of imidazole rings is 1. The van der Waals surface area contributed by atoms with Gasteiger partial charge in [0.25, 0.3) is 0 Å². The van der Waals surface area contributed by atoms with Crippen LogP contribution in [0, 0.1) is 0 Å². The molecule has 0 N–H and O–H groups in total. The topological polar surface area (TPSA) is 20.5 Å². The number of hydrogen-bond acceptors (Lipinski definition) is 3. The van der Waals surface area contributed by atoms with Crippen LogP contribution in [0.1, 0.15) is 19.3 Å². The molecule has 0 amide bonds. The first-order valence-electron chi connectivity index (χ1n) is 5.78. The molecule has 2 aromatic heterocycles. The zero-order valence-electron chi connectivity index (χ0n) is 9.99. The van der Waals surface area contributed by atoms with Gasteiger partial charge in [0.1, 0.15) is 5.65 Å². The summed E-state index contributed by atoms with van der Waals surface area (Å²) in [6.07, 6.45) is 7.92. The number of nitrogens with zero attached hydrogens (tertiary/aromatic N) is 3. The number of pyridine rings is 1. The molecule has 0 aromatic carbocycles. The molecule has 1 aliphatic heterocycles. The van der Waals surface area contributed by atoms with E-state index < -0.39 is 0 Å². The summed E-state index contributed by atoms with van der Waals surface area (Å²) in [5.41, 5.74) is 1.03. The van der Waals surface area contributed by atoms with Gasteiger partial charge in [0.05, 0.1) is 5.03 Å². The van der Waals surface area contributed by atoms with Crippen LogP contribution in [0.3, 0.4) is 0 Å². The molecule has 0 radical (unpaired) electrons. The molecule has 18 heavy (non-hydrogen) atoms. The maximum Gasteiger partial charge on any atom is 0.137 e. The van der Waals surface area contributed by atoms with Crippen molar-refractivity contribution in [2.24, 2.45) is 0 Å². The van der Waals surface area contributed by atoms with Crippen LogP contribution < -0.4 is 0 Å². The Morgan fingerprint density at radius 2 is 1.83 bits per heavy atom. The number of hydrogen-bond donors (Lipinski definition) is 0. The van der Waals surface area contributed by atoms with Gasteiger partial charge >= 0.3 is 0 Å². The third-order valence-electron chi connectivity index (χ3n) is 2.93. The van der Waals surface area contributed by atoms with Gasteiger partial charge in [0.2, 0.25) is 0 Å². The monoisotopic (exact) mass is 305 g/mol. The highest BCUT2D eigenvalue weighted by Crippen LogP contribution is 2.26. The SMILES string of the molecule is Cl.Cl.c1cc(SN2CCCCC2)n2ccnc2c1. The molecule has 0 spiro atoms. The summed E-state index contributed by atoms with van der Waals surface area (Å²) in [7, 11) is 0. The van der Waals surface area contributed by atoms with Crippen LogP contribution in [-0.2, 0) is 0 Å². The first-order valence-corrected chi connectivity index (χ1v) is 6.56. The fourth-order valence-corrected chi connectivity index (χ4v) is 3.17. The third kappa shape index (κ3) is 3.32. The largest absolute Gasteiger partial charge is 0.293 e. The minimum Gasteiger partial charge on any atom is -0.293 e. The lowest BCUT2D eigenvalue weighted by Crippen LogP contribution is -2.23. The highest BCUT2D eigenvalue weighted by molar-refractivity contribution is 7.97. The Bertz CT molecular complexity index is 483.